The van der Waals surface area contributed by atoms with E-state index >= 15 is 0 Å². The Balaban J connectivity index is 2.00. The SMILES string of the molecule is CCN(Cc1cccc(Cl)c1)c1ncnc2onc(C)c12. The molecule has 0 aliphatic carbocycles. The van der Waals surface area contributed by atoms with Gasteiger partial charge in [-0.15, -0.1) is 0 Å². The van der Waals surface area contributed by atoms with Gasteiger partial charge in [-0.2, -0.15) is 4.98 Å². The average molecular weight is 303 g/mol. The van der Waals surface area contributed by atoms with Crippen molar-refractivity contribution in [1.82, 2.24) is 15.1 Å². The average Bonchev–Trinajstić information content (AvgIpc) is 2.87. The van der Waals surface area contributed by atoms with Gasteiger partial charge in [0.2, 0.25) is 0 Å². The van der Waals surface area contributed by atoms with Gasteiger partial charge in [0.05, 0.1) is 5.69 Å². The number of hydrogen-bond donors (Lipinski definition) is 0. The summed E-state index contributed by atoms with van der Waals surface area (Å²) >= 11 is 6.05. The van der Waals surface area contributed by atoms with Gasteiger partial charge >= 0.3 is 0 Å². The molecule has 2 aromatic heterocycles. The molecule has 0 aliphatic heterocycles. The minimum Gasteiger partial charge on any atom is -0.352 e. The molecular formula is C15H15ClN4O. The largest absolute Gasteiger partial charge is 0.352 e. The molecule has 0 saturated carbocycles. The quantitative estimate of drug-likeness (QED) is 0.737. The smallest absolute Gasteiger partial charge is 0.263 e. The molecule has 0 atom stereocenters. The van der Waals surface area contributed by atoms with Gasteiger partial charge in [0.15, 0.2) is 0 Å². The molecule has 108 valence electrons. The lowest BCUT2D eigenvalue weighted by Crippen LogP contribution is -2.23. The lowest BCUT2D eigenvalue weighted by molar-refractivity contribution is 0.442. The Kier molecular flexibility index (Phi) is 3.75. The Morgan fingerprint density at radius 3 is 2.90 bits per heavy atom. The Labute approximate surface area is 127 Å². The van der Waals surface area contributed by atoms with Gasteiger partial charge in [-0.1, -0.05) is 28.9 Å². The predicted octanol–water partition coefficient (Wildman–Crippen LogP) is 3.61. The Morgan fingerprint density at radius 2 is 2.14 bits per heavy atom. The summed E-state index contributed by atoms with van der Waals surface area (Å²) in [7, 11) is 0. The summed E-state index contributed by atoms with van der Waals surface area (Å²) in [4.78, 5) is 10.7. The van der Waals surface area contributed by atoms with E-state index in [0.29, 0.717) is 12.3 Å². The van der Waals surface area contributed by atoms with Gasteiger partial charge in [-0.05, 0) is 31.5 Å². The maximum absolute atomic E-state index is 6.05. The first kappa shape index (κ1) is 13.8. The molecule has 0 amide bonds. The molecule has 21 heavy (non-hydrogen) atoms. The first-order chi connectivity index (χ1) is 10.2. The molecule has 3 aromatic rings. The lowest BCUT2D eigenvalue weighted by atomic mass is 10.2. The van der Waals surface area contributed by atoms with Crippen molar-refractivity contribution in [2.75, 3.05) is 11.4 Å². The standard InChI is InChI=1S/C15H15ClN4O/c1-3-20(8-11-5-4-6-12(16)7-11)14-13-10(2)19-21-15(13)18-9-17-14/h4-7,9H,3,8H2,1-2H3. The van der Waals surface area contributed by atoms with E-state index in [9.17, 15) is 0 Å². The van der Waals surface area contributed by atoms with Gasteiger partial charge in [0, 0.05) is 18.1 Å². The van der Waals surface area contributed by atoms with Crippen LogP contribution >= 0.6 is 11.6 Å². The zero-order valence-electron chi connectivity index (χ0n) is 11.9. The van der Waals surface area contributed by atoms with Crippen LogP contribution in [-0.2, 0) is 6.54 Å². The molecule has 0 radical (unpaired) electrons. The maximum atomic E-state index is 6.05. The highest BCUT2D eigenvalue weighted by Crippen LogP contribution is 2.27. The molecule has 1 aromatic carbocycles. The topological polar surface area (TPSA) is 55.1 Å². The van der Waals surface area contributed by atoms with Crippen molar-refractivity contribution < 1.29 is 4.52 Å². The number of halogens is 1. The van der Waals surface area contributed by atoms with Crippen LogP contribution in [0.5, 0.6) is 0 Å². The molecule has 3 rings (SSSR count). The van der Waals surface area contributed by atoms with Crippen molar-refractivity contribution >= 4 is 28.5 Å². The number of nitrogens with zero attached hydrogens (tertiary/aromatic N) is 4. The highest BCUT2D eigenvalue weighted by Gasteiger charge is 2.17. The van der Waals surface area contributed by atoms with Gasteiger partial charge in [0.1, 0.15) is 17.5 Å². The van der Waals surface area contributed by atoms with E-state index < -0.39 is 0 Å². The number of aromatic nitrogens is 3. The number of fused-ring (bicyclic) bond motifs is 1. The van der Waals surface area contributed by atoms with Crippen LogP contribution in [0.3, 0.4) is 0 Å². The van der Waals surface area contributed by atoms with Crippen molar-refractivity contribution in [1.29, 1.82) is 0 Å². The normalized spacial score (nSPS) is 11.0. The summed E-state index contributed by atoms with van der Waals surface area (Å²) in [6, 6.07) is 7.83. The van der Waals surface area contributed by atoms with Crippen molar-refractivity contribution in [3.63, 3.8) is 0 Å². The predicted molar refractivity (Wildman–Crippen MR) is 82.5 cm³/mol. The van der Waals surface area contributed by atoms with E-state index in [1.54, 1.807) is 0 Å². The van der Waals surface area contributed by atoms with Crippen LogP contribution < -0.4 is 4.90 Å². The molecule has 5 nitrogen and oxygen atoms in total. The summed E-state index contributed by atoms with van der Waals surface area (Å²) in [5, 5.41) is 5.57. The minimum absolute atomic E-state index is 0.516. The van der Waals surface area contributed by atoms with Gasteiger partial charge in [-0.25, -0.2) is 4.98 Å². The number of rotatable bonds is 4. The van der Waals surface area contributed by atoms with Crippen LogP contribution in [0.2, 0.25) is 5.02 Å². The number of hydrogen-bond acceptors (Lipinski definition) is 5. The second kappa shape index (κ2) is 5.69. The summed E-state index contributed by atoms with van der Waals surface area (Å²) in [5.74, 6) is 0.834. The van der Waals surface area contributed by atoms with Crippen molar-refractivity contribution in [3.05, 3.63) is 46.9 Å². The first-order valence-corrected chi connectivity index (χ1v) is 7.13. The van der Waals surface area contributed by atoms with Crippen LogP contribution in [0.15, 0.2) is 35.1 Å². The van der Waals surface area contributed by atoms with Crippen LogP contribution in [0, 0.1) is 6.92 Å². The Bertz CT molecular complexity index is 771. The van der Waals surface area contributed by atoms with Gasteiger partial charge < -0.3 is 9.42 Å². The third-order valence-electron chi connectivity index (χ3n) is 3.37. The number of benzene rings is 1. The highest BCUT2D eigenvalue weighted by molar-refractivity contribution is 6.30. The number of aryl methyl sites for hydroxylation is 1. The molecule has 6 heteroatoms. The van der Waals surface area contributed by atoms with Crippen LogP contribution in [0.25, 0.3) is 11.1 Å². The molecule has 2 heterocycles. The maximum Gasteiger partial charge on any atom is 0.263 e. The summed E-state index contributed by atoms with van der Waals surface area (Å²) in [6.07, 6.45) is 1.50. The number of anilines is 1. The van der Waals surface area contributed by atoms with Crippen LogP contribution in [0.1, 0.15) is 18.2 Å². The fourth-order valence-corrected chi connectivity index (χ4v) is 2.55. The van der Waals surface area contributed by atoms with Crippen LogP contribution in [-0.4, -0.2) is 21.7 Å². The third kappa shape index (κ3) is 2.69. The lowest BCUT2D eigenvalue weighted by Gasteiger charge is -2.22. The second-order valence-electron chi connectivity index (χ2n) is 4.79. The molecule has 0 saturated heterocycles. The molecule has 0 bridgehead atoms. The van der Waals surface area contributed by atoms with E-state index in [4.69, 9.17) is 16.1 Å². The summed E-state index contributed by atoms with van der Waals surface area (Å²) in [6.45, 7) is 5.50. The minimum atomic E-state index is 0.516. The van der Waals surface area contributed by atoms with Crippen molar-refractivity contribution in [2.45, 2.75) is 20.4 Å². The van der Waals surface area contributed by atoms with E-state index in [1.165, 1.54) is 6.33 Å². The zero-order valence-corrected chi connectivity index (χ0v) is 12.6. The monoisotopic (exact) mass is 302 g/mol. The van der Waals surface area contributed by atoms with Gasteiger partial charge in [0.25, 0.3) is 5.71 Å². The zero-order chi connectivity index (χ0) is 14.8. The molecular weight excluding hydrogens is 288 g/mol. The molecule has 0 spiro atoms. The third-order valence-corrected chi connectivity index (χ3v) is 3.60. The van der Waals surface area contributed by atoms with Gasteiger partial charge in [-0.3, -0.25) is 0 Å². The summed E-state index contributed by atoms with van der Waals surface area (Å²) in [5.41, 5.74) is 2.44. The second-order valence-corrected chi connectivity index (χ2v) is 5.23. The van der Waals surface area contributed by atoms with E-state index in [2.05, 4.69) is 26.9 Å². The van der Waals surface area contributed by atoms with E-state index in [-0.39, 0.29) is 0 Å². The Hall–Kier alpha value is -2.14. The summed E-state index contributed by atoms with van der Waals surface area (Å²) < 4.78 is 5.20. The Morgan fingerprint density at radius 1 is 1.29 bits per heavy atom. The first-order valence-electron chi connectivity index (χ1n) is 6.75. The molecule has 0 N–H and O–H groups in total. The van der Waals surface area contributed by atoms with E-state index in [0.717, 1.165) is 34.0 Å². The molecule has 0 unspecified atom stereocenters. The fraction of sp³-hybridized carbons (Fsp3) is 0.267. The molecule has 0 fully saturated rings. The van der Waals surface area contributed by atoms with Crippen molar-refractivity contribution in [2.24, 2.45) is 0 Å². The van der Waals surface area contributed by atoms with Crippen LogP contribution in [0.4, 0.5) is 5.82 Å². The molecule has 0 aliphatic rings. The van der Waals surface area contributed by atoms with E-state index in [1.807, 2.05) is 31.2 Å². The fourth-order valence-electron chi connectivity index (χ4n) is 2.34. The highest BCUT2D eigenvalue weighted by atomic mass is 35.5. The van der Waals surface area contributed by atoms with Crippen molar-refractivity contribution in [3.8, 4) is 0 Å².